The zero-order chi connectivity index (χ0) is 22.6. The molecule has 166 valence electrons. The second kappa shape index (κ2) is 9.58. The Labute approximate surface area is 183 Å². The quantitative estimate of drug-likeness (QED) is 0.635. The van der Waals surface area contributed by atoms with Crippen LogP contribution in [0.4, 0.5) is 0 Å². The molecule has 0 aliphatic carbocycles. The highest BCUT2D eigenvalue weighted by Crippen LogP contribution is 2.17. The van der Waals surface area contributed by atoms with Crippen molar-refractivity contribution in [3.8, 4) is 0 Å². The van der Waals surface area contributed by atoms with Gasteiger partial charge in [0.15, 0.2) is 0 Å². The summed E-state index contributed by atoms with van der Waals surface area (Å²) in [6, 6.07) is 5.36. The number of nitrogens with zero attached hydrogens (tertiary/aromatic N) is 3. The van der Waals surface area contributed by atoms with Crippen molar-refractivity contribution in [2.24, 2.45) is 0 Å². The van der Waals surface area contributed by atoms with Gasteiger partial charge in [-0.05, 0) is 44.9 Å². The second-order valence-electron chi connectivity index (χ2n) is 8.49. The van der Waals surface area contributed by atoms with Crippen molar-refractivity contribution in [1.82, 2.24) is 19.8 Å². The summed E-state index contributed by atoms with van der Waals surface area (Å²) in [6.07, 6.45) is 4.62. The minimum atomic E-state index is -1.12. The largest absolute Gasteiger partial charge is 0.387 e. The van der Waals surface area contributed by atoms with Gasteiger partial charge in [-0.3, -0.25) is 19.1 Å². The first-order chi connectivity index (χ1) is 14.8. The smallest absolute Gasteiger partial charge is 0.261 e. The van der Waals surface area contributed by atoms with Crippen molar-refractivity contribution in [2.75, 3.05) is 19.6 Å². The van der Waals surface area contributed by atoms with E-state index in [4.69, 9.17) is 4.98 Å². The van der Waals surface area contributed by atoms with Gasteiger partial charge in [0.25, 0.3) is 11.5 Å². The molecule has 31 heavy (non-hydrogen) atoms. The Kier molecular flexibility index (Phi) is 7.08. The van der Waals surface area contributed by atoms with E-state index in [0.717, 1.165) is 18.9 Å². The van der Waals surface area contributed by atoms with Crippen LogP contribution in [0, 0.1) is 0 Å². The average molecular weight is 425 g/mol. The van der Waals surface area contributed by atoms with Gasteiger partial charge in [-0.15, -0.1) is 13.2 Å². The fraction of sp³-hybridized carbons (Fsp3) is 0.458. The van der Waals surface area contributed by atoms with Gasteiger partial charge in [0, 0.05) is 44.2 Å². The van der Waals surface area contributed by atoms with Crippen LogP contribution in [0.1, 0.15) is 42.9 Å². The first-order valence-electron chi connectivity index (χ1n) is 10.8. The molecular formula is C24H32N4O3. The van der Waals surface area contributed by atoms with E-state index in [1.165, 1.54) is 0 Å². The third-order valence-electron chi connectivity index (χ3n) is 5.89. The van der Waals surface area contributed by atoms with Crippen molar-refractivity contribution in [2.45, 2.75) is 51.3 Å². The molecular weight excluding hydrogens is 392 g/mol. The van der Waals surface area contributed by atoms with E-state index in [2.05, 4.69) is 37.2 Å². The fourth-order valence-electron chi connectivity index (χ4n) is 4.04. The highest BCUT2D eigenvalue weighted by Gasteiger charge is 2.25. The zero-order valence-corrected chi connectivity index (χ0v) is 18.4. The summed E-state index contributed by atoms with van der Waals surface area (Å²) in [6.45, 7) is 14.0. The highest BCUT2D eigenvalue weighted by molar-refractivity contribution is 5.97. The normalized spacial score (nSPS) is 14.8. The Balaban J connectivity index is 1.85. The molecule has 0 bridgehead atoms. The number of hydrogen-bond donors (Lipinski definition) is 2. The molecule has 0 unspecified atom stereocenters. The number of amides is 1. The lowest BCUT2D eigenvalue weighted by Gasteiger charge is -2.25. The molecule has 0 spiro atoms. The summed E-state index contributed by atoms with van der Waals surface area (Å²) >= 11 is 0. The Morgan fingerprint density at radius 1 is 1.26 bits per heavy atom. The monoisotopic (exact) mass is 424 g/mol. The Hall–Kier alpha value is -2.77. The van der Waals surface area contributed by atoms with Crippen LogP contribution in [0.5, 0.6) is 0 Å². The van der Waals surface area contributed by atoms with E-state index in [1.54, 1.807) is 34.9 Å². The molecule has 7 nitrogen and oxygen atoms in total. The van der Waals surface area contributed by atoms with Gasteiger partial charge in [0.1, 0.15) is 5.82 Å². The first kappa shape index (κ1) is 22.9. The molecule has 2 N–H and O–H groups in total. The maximum atomic E-state index is 13.0. The third-order valence-corrected chi connectivity index (χ3v) is 5.89. The van der Waals surface area contributed by atoms with E-state index in [9.17, 15) is 14.7 Å². The van der Waals surface area contributed by atoms with Gasteiger partial charge in [0.05, 0.1) is 16.5 Å². The predicted molar refractivity (Wildman–Crippen MR) is 123 cm³/mol. The Morgan fingerprint density at radius 2 is 1.97 bits per heavy atom. The molecule has 1 aromatic heterocycles. The van der Waals surface area contributed by atoms with Crippen LogP contribution in [0.2, 0.25) is 0 Å². The maximum Gasteiger partial charge on any atom is 0.261 e. The summed E-state index contributed by atoms with van der Waals surface area (Å²) in [7, 11) is 0. The van der Waals surface area contributed by atoms with Gasteiger partial charge in [-0.2, -0.15) is 0 Å². The van der Waals surface area contributed by atoms with Gasteiger partial charge >= 0.3 is 0 Å². The summed E-state index contributed by atoms with van der Waals surface area (Å²) in [5, 5.41) is 13.9. The zero-order valence-electron chi connectivity index (χ0n) is 18.4. The van der Waals surface area contributed by atoms with E-state index in [-0.39, 0.29) is 18.0 Å². The van der Waals surface area contributed by atoms with Gasteiger partial charge in [-0.25, -0.2) is 4.98 Å². The molecule has 3 rings (SSSR count). The molecule has 1 aromatic carbocycles. The van der Waals surface area contributed by atoms with Crippen molar-refractivity contribution >= 4 is 16.8 Å². The number of carbonyl (C=O) groups excluding carboxylic acids is 1. The topological polar surface area (TPSA) is 87.5 Å². The first-order valence-corrected chi connectivity index (χ1v) is 10.8. The maximum absolute atomic E-state index is 13.0. The van der Waals surface area contributed by atoms with Crippen molar-refractivity contribution in [3.05, 3.63) is 65.3 Å². The minimum Gasteiger partial charge on any atom is -0.387 e. The molecule has 0 atom stereocenters. The van der Waals surface area contributed by atoms with Crippen LogP contribution >= 0.6 is 0 Å². The van der Waals surface area contributed by atoms with Crippen LogP contribution in [0.15, 0.2) is 48.3 Å². The average Bonchev–Trinajstić information content (AvgIpc) is 2.95. The van der Waals surface area contributed by atoms with Crippen LogP contribution in [-0.2, 0) is 13.0 Å². The minimum absolute atomic E-state index is 0.0658. The number of carbonyl (C=O) groups is 1. The molecule has 0 fully saturated rings. The lowest BCUT2D eigenvalue weighted by molar-refractivity contribution is 0.0437. The van der Waals surface area contributed by atoms with Crippen molar-refractivity contribution in [3.63, 3.8) is 0 Å². The third kappa shape index (κ3) is 5.11. The lowest BCUT2D eigenvalue weighted by atomic mass is 9.95. The standard InChI is InChI=1S/C24H32N4O3/c1-5-10-24(31,11-6-2)16-25-22(29)18-7-8-19-20(15-18)26-21-9-12-27(17(3)4)13-14-28(21)23(19)30/h5-8,15,17,31H,1-2,9-14,16H2,3-4H3,(H,25,29). The summed E-state index contributed by atoms with van der Waals surface area (Å²) < 4.78 is 1.76. The number of fused-ring (bicyclic) bond motifs is 2. The summed E-state index contributed by atoms with van der Waals surface area (Å²) in [5.41, 5.74) is -0.258. The number of hydrogen-bond acceptors (Lipinski definition) is 5. The summed E-state index contributed by atoms with van der Waals surface area (Å²) in [4.78, 5) is 32.8. The predicted octanol–water partition coefficient (Wildman–Crippen LogP) is 2.28. The Morgan fingerprint density at radius 3 is 2.61 bits per heavy atom. The molecule has 0 saturated carbocycles. The summed E-state index contributed by atoms with van der Waals surface area (Å²) in [5.74, 6) is 0.431. The molecule has 2 aromatic rings. The molecule has 2 heterocycles. The number of rotatable bonds is 8. The highest BCUT2D eigenvalue weighted by atomic mass is 16.3. The number of benzene rings is 1. The van der Waals surface area contributed by atoms with Crippen LogP contribution < -0.4 is 10.9 Å². The fourth-order valence-corrected chi connectivity index (χ4v) is 4.04. The molecule has 1 aliphatic heterocycles. The van der Waals surface area contributed by atoms with Gasteiger partial charge in [-0.1, -0.05) is 12.2 Å². The number of aliphatic hydroxyl groups is 1. The van der Waals surface area contributed by atoms with Gasteiger partial charge in [0.2, 0.25) is 0 Å². The van der Waals surface area contributed by atoms with Crippen LogP contribution in [0.3, 0.4) is 0 Å². The van der Waals surface area contributed by atoms with E-state index in [1.807, 2.05) is 0 Å². The number of nitrogens with one attached hydrogen (secondary N) is 1. The Bertz CT molecular complexity index is 1030. The van der Waals surface area contributed by atoms with E-state index < -0.39 is 5.60 Å². The van der Waals surface area contributed by atoms with Crippen molar-refractivity contribution in [1.29, 1.82) is 0 Å². The van der Waals surface area contributed by atoms with E-state index >= 15 is 0 Å². The molecule has 0 saturated heterocycles. The van der Waals surface area contributed by atoms with Crippen LogP contribution in [0.25, 0.3) is 10.9 Å². The second-order valence-corrected chi connectivity index (χ2v) is 8.49. The van der Waals surface area contributed by atoms with Crippen molar-refractivity contribution < 1.29 is 9.90 Å². The molecule has 1 amide bonds. The number of aromatic nitrogens is 2. The molecule has 0 radical (unpaired) electrons. The molecule has 1 aliphatic rings. The SMILES string of the molecule is C=CCC(O)(CC=C)CNC(=O)c1ccc2c(=O)n3c(nc2c1)CCN(C(C)C)CC3. The lowest BCUT2D eigenvalue weighted by Crippen LogP contribution is -2.42. The van der Waals surface area contributed by atoms with Gasteiger partial charge < -0.3 is 10.4 Å². The molecule has 7 heteroatoms. The van der Waals surface area contributed by atoms with E-state index in [0.29, 0.717) is 48.3 Å². The van der Waals surface area contributed by atoms with Crippen LogP contribution in [-0.4, -0.2) is 56.7 Å².